The van der Waals surface area contributed by atoms with E-state index in [4.69, 9.17) is 4.18 Å². The number of rotatable bonds is 7. The number of carbonyl (C=O) groups is 1. The van der Waals surface area contributed by atoms with E-state index in [1.807, 2.05) is 0 Å². The molecule has 3 aromatic rings. The van der Waals surface area contributed by atoms with E-state index in [-0.39, 0.29) is 33.8 Å². The van der Waals surface area contributed by atoms with Crippen LogP contribution < -0.4 is 9.50 Å². The van der Waals surface area contributed by atoms with Crippen molar-refractivity contribution in [1.29, 1.82) is 0 Å². The summed E-state index contributed by atoms with van der Waals surface area (Å²) in [5.41, 5.74) is 0.596. The van der Waals surface area contributed by atoms with Gasteiger partial charge < -0.3 is 9.50 Å². The van der Waals surface area contributed by atoms with Crippen molar-refractivity contribution >= 4 is 21.7 Å². The van der Waals surface area contributed by atoms with Crippen LogP contribution in [0.5, 0.6) is 5.75 Å². The Morgan fingerprint density at radius 3 is 2.32 bits per heavy atom. The highest BCUT2D eigenvalue weighted by Crippen LogP contribution is 2.23. The second-order valence-electron chi connectivity index (χ2n) is 6.56. The molecular formula is C21H17FN2O6S. The van der Waals surface area contributed by atoms with Crippen LogP contribution in [-0.4, -0.2) is 19.2 Å². The standard InChI is InChI=1S/C21H17FN2O6S/c1-14(15-5-9-17(22)10-6-15)23-21(25)16-7-11-19(12-8-16)30-31(28,29)20-4-2-3-18(13-20)24(26)27/h2-14H,1H3,(H,23,25). The van der Waals surface area contributed by atoms with Gasteiger partial charge in [0.05, 0.1) is 11.0 Å². The molecule has 31 heavy (non-hydrogen) atoms. The number of carbonyl (C=O) groups excluding carboxylic acids is 1. The number of hydrogen-bond donors (Lipinski definition) is 1. The highest BCUT2D eigenvalue weighted by Gasteiger charge is 2.20. The molecule has 10 heteroatoms. The van der Waals surface area contributed by atoms with E-state index in [0.29, 0.717) is 0 Å². The molecule has 0 radical (unpaired) electrons. The van der Waals surface area contributed by atoms with E-state index in [0.717, 1.165) is 11.6 Å². The third-order valence-electron chi connectivity index (χ3n) is 4.36. The quantitative estimate of drug-likeness (QED) is 0.335. The van der Waals surface area contributed by atoms with Crippen LogP contribution >= 0.6 is 0 Å². The monoisotopic (exact) mass is 444 g/mol. The molecule has 3 rings (SSSR count). The number of nitro groups is 1. The Labute approximate surface area is 177 Å². The van der Waals surface area contributed by atoms with Gasteiger partial charge in [-0.15, -0.1) is 0 Å². The van der Waals surface area contributed by atoms with Gasteiger partial charge in [-0.05, 0) is 55.0 Å². The predicted molar refractivity (Wildman–Crippen MR) is 110 cm³/mol. The second kappa shape index (κ2) is 8.92. The van der Waals surface area contributed by atoms with Crippen molar-refractivity contribution in [3.8, 4) is 5.75 Å². The minimum absolute atomic E-state index is 0.0605. The van der Waals surface area contributed by atoms with Gasteiger partial charge in [-0.1, -0.05) is 18.2 Å². The molecule has 1 atom stereocenters. The zero-order valence-electron chi connectivity index (χ0n) is 16.2. The first kappa shape index (κ1) is 21.9. The second-order valence-corrected chi connectivity index (χ2v) is 8.11. The van der Waals surface area contributed by atoms with Crippen molar-refractivity contribution in [1.82, 2.24) is 5.32 Å². The molecule has 0 aromatic heterocycles. The fraction of sp³-hybridized carbons (Fsp3) is 0.0952. The maximum Gasteiger partial charge on any atom is 0.339 e. The lowest BCUT2D eigenvalue weighted by molar-refractivity contribution is -0.385. The number of halogens is 1. The lowest BCUT2D eigenvalue weighted by atomic mass is 10.1. The van der Waals surface area contributed by atoms with Crippen molar-refractivity contribution in [2.75, 3.05) is 0 Å². The molecule has 1 unspecified atom stereocenters. The van der Waals surface area contributed by atoms with Crippen molar-refractivity contribution < 1.29 is 26.7 Å². The Morgan fingerprint density at radius 2 is 1.71 bits per heavy atom. The van der Waals surface area contributed by atoms with Crippen LogP contribution in [0.15, 0.2) is 77.7 Å². The molecule has 0 spiro atoms. The maximum absolute atomic E-state index is 13.0. The molecule has 3 aromatic carbocycles. The summed E-state index contributed by atoms with van der Waals surface area (Å²) >= 11 is 0. The van der Waals surface area contributed by atoms with E-state index in [1.54, 1.807) is 19.1 Å². The molecule has 0 heterocycles. The lowest BCUT2D eigenvalue weighted by Crippen LogP contribution is -2.26. The first-order valence-electron chi connectivity index (χ1n) is 9.01. The van der Waals surface area contributed by atoms with Crippen LogP contribution in [0.4, 0.5) is 10.1 Å². The fourth-order valence-electron chi connectivity index (χ4n) is 2.70. The van der Waals surface area contributed by atoms with Gasteiger partial charge in [0.15, 0.2) is 0 Å². The van der Waals surface area contributed by atoms with Crippen molar-refractivity contribution in [3.05, 3.63) is 99.9 Å². The van der Waals surface area contributed by atoms with Gasteiger partial charge in [-0.25, -0.2) is 4.39 Å². The summed E-state index contributed by atoms with van der Waals surface area (Å²) < 4.78 is 42.8. The van der Waals surface area contributed by atoms with Crippen LogP contribution in [-0.2, 0) is 10.1 Å². The van der Waals surface area contributed by atoms with E-state index in [9.17, 15) is 27.7 Å². The minimum atomic E-state index is -4.30. The predicted octanol–water partition coefficient (Wildman–Crippen LogP) is 3.99. The van der Waals surface area contributed by atoms with Crippen LogP contribution in [0, 0.1) is 15.9 Å². The third-order valence-corrected chi connectivity index (χ3v) is 5.60. The SMILES string of the molecule is CC(NC(=O)c1ccc(OS(=O)(=O)c2cccc([N+](=O)[O-])c2)cc1)c1ccc(F)cc1. The highest BCUT2D eigenvalue weighted by atomic mass is 32.2. The van der Waals surface area contributed by atoms with Crippen LogP contribution in [0.1, 0.15) is 28.9 Å². The third kappa shape index (κ3) is 5.43. The van der Waals surface area contributed by atoms with Gasteiger partial charge in [0, 0.05) is 17.7 Å². The Hall–Kier alpha value is -3.79. The Kier molecular flexibility index (Phi) is 6.30. The van der Waals surface area contributed by atoms with Gasteiger partial charge in [0.25, 0.3) is 11.6 Å². The number of hydrogen-bond acceptors (Lipinski definition) is 6. The number of amides is 1. The van der Waals surface area contributed by atoms with Crippen molar-refractivity contribution in [2.45, 2.75) is 17.9 Å². The van der Waals surface area contributed by atoms with Crippen LogP contribution in [0.25, 0.3) is 0 Å². The first-order chi connectivity index (χ1) is 14.7. The molecule has 0 aliphatic rings. The lowest BCUT2D eigenvalue weighted by Gasteiger charge is -2.14. The topological polar surface area (TPSA) is 116 Å². The van der Waals surface area contributed by atoms with E-state index in [2.05, 4.69) is 5.32 Å². The van der Waals surface area contributed by atoms with Crippen LogP contribution in [0.2, 0.25) is 0 Å². The maximum atomic E-state index is 13.0. The summed E-state index contributed by atoms with van der Waals surface area (Å²) in [5.74, 6) is -0.850. The number of nitrogens with one attached hydrogen (secondary N) is 1. The van der Waals surface area contributed by atoms with Gasteiger partial charge in [-0.2, -0.15) is 8.42 Å². The minimum Gasteiger partial charge on any atom is -0.379 e. The molecule has 0 fully saturated rings. The Bertz CT molecular complexity index is 1210. The summed E-state index contributed by atoms with van der Waals surface area (Å²) in [7, 11) is -4.30. The van der Waals surface area contributed by atoms with Gasteiger partial charge in [0.2, 0.25) is 0 Å². The van der Waals surface area contributed by atoms with E-state index >= 15 is 0 Å². The fourth-order valence-corrected chi connectivity index (χ4v) is 3.68. The molecule has 1 amide bonds. The average molecular weight is 444 g/mol. The first-order valence-corrected chi connectivity index (χ1v) is 10.4. The van der Waals surface area contributed by atoms with Crippen molar-refractivity contribution in [3.63, 3.8) is 0 Å². The van der Waals surface area contributed by atoms with Crippen molar-refractivity contribution in [2.24, 2.45) is 0 Å². The molecule has 0 saturated heterocycles. The largest absolute Gasteiger partial charge is 0.379 e. The number of benzene rings is 3. The van der Waals surface area contributed by atoms with E-state index < -0.39 is 20.9 Å². The summed E-state index contributed by atoms with van der Waals surface area (Å²) in [6.45, 7) is 1.74. The molecular weight excluding hydrogens is 427 g/mol. The molecule has 0 bridgehead atoms. The number of nitrogens with zero attached hydrogens (tertiary/aromatic N) is 1. The van der Waals surface area contributed by atoms with Gasteiger partial charge in [-0.3, -0.25) is 14.9 Å². The molecule has 0 aliphatic heterocycles. The summed E-state index contributed by atoms with van der Waals surface area (Å²) in [4.78, 5) is 22.2. The van der Waals surface area contributed by atoms with Crippen LogP contribution in [0.3, 0.4) is 0 Å². The van der Waals surface area contributed by atoms with Gasteiger partial charge >= 0.3 is 10.1 Å². The summed E-state index contributed by atoms with van der Waals surface area (Å²) in [6, 6.07) is 15.2. The summed E-state index contributed by atoms with van der Waals surface area (Å²) in [5, 5.41) is 13.6. The average Bonchev–Trinajstić information content (AvgIpc) is 2.74. The number of non-ortho nitro benzene ring substituents is 1. The van der Waals surface area contributed by atoms with E-state index in [1.165, 1.54) is 54.6 Å². The smallest absolute Gasteiger partial charge is 0.339 e. The molecule has 0 saturated carbocycles. The molecule has 1 N–H and O–H groups in total. The molecule has 160 valence electrons. The van der Waals surface area contributed by atoms with Gasteiger partial charge in [0.1, 0.15) is 16.5 Å². The zero-order chi connectivity index (χ0) is 22.6. The molecule has 8 nitrogen and oxygen atoms in total. The Balaban J connectivity index is 1.69. The summed E-state index contributed by atoms with van der Waals surface area (Å²) in [6.07, 6.45) is 0. The zero-order valence-corrected chi connectivity index (χ0v) is 17.0. The Morgan fingerprint density at radius 1 is 1.06 bits per heavy atom. The molecule has 0 aliphatic carbocycles. The number of nitro benzene ring substituents is 1. The normalized spacial score (nSPS) is 12.1. The highest BCUT2D eigenvalue weighted by molar-refractivity contribution is 7.87.